The quantitative estimate of drug-likeness (QED) is 0.633. The van der Waals surface area contributed by atoms with E-state index in [0.717, 1.165) is 26.2 Å². The fraction of sp³-hybridized carbons (Fsp3) is 0.400. The largest absolute Gasteiger partial charge is 0.294 e. The maximum Gasteiger partial charge on any atom is 0.0662 e. The molecule has 5 nitrogen and oxygen atoms in total. The van der Waals surface area contributed by atoms with E-state index in [0.29, 0.717) is 5.92 Å². The molecule has 0 amide bonds. The highest BCUT2D eigenvalue weighted by atomic mass is 15.3. The Bertz CT molecular complexity index is 773. The van der Waals surface area contributed by atoms with Gasteiger partial charge in [-0.25, -0.2) is 0 Å². The molecule has 0 unspecified atom stereocenters. The Morgan fingerprint density at radius 1 is 1.04 bits per heavy atom. The molecule has 132 valence electrons. The van der Waals surface area contributed by atoms with Gasteiger partial charge >= 0.3 is 0 Å². The van der Waals surface area contributed by atoms with Gasteiger partial charge in [-0.2, -0.15) is 10.2 Å². The fourth-order valence-electron chi connectivity index (χ4n) is 3.19. The molecule has 3 rings (SSSR count). The van der Waals surface area contributed by atoms with E-state index in [1.54, 1.807) is 0 Å². The molecule has 0 N–H and O–H groups in total. The molecule has 0 radical (unpaired) electrons. The third-order valence-electron chi connectivity index (χ3n) is 4.19. The van der Waals surface area contributed by atoms with Gasteiger partial charge < -0.3 is 0 Å². The minimum atomic E-state index is 0.620. The number of aromatic nitrogens is 4. The number of aryl methyl sites for hydroxylation is 1. The Hall–Kier alpha value is -2.40. The first-order valence-corrected chi connectivity index (χ1v) is 8.84. The lowest BCUT2D eigenvalue weighted by Crippen LogP contribution is -2.27. The van der Waals surface area contributed by atoms with Crippen LogP contribution in [0.15, 0.2) is 55.1 Å². The van der Waals surface area contributed by atoms with E-state index in [9.17, 15) is 0 Å². The number of hydrogen-bond donors (Lipinski definition) is 0. The van der Waals surface area contributed by atoms with E-state index < -0.39 is 0 Å². The molecule has 1 aromatic carbocycles. The van der Waals surface area contributed by atoms with E-state index in [4.69, 9.17) is 0 Å². The summed E-state index contributed by atoms with van der Waals surface area (Å²) in [6.07, 6.45) is 7.90. The third-order valence-corrected chi connectivity index (χ3v) is 4.19. The zero-order valence-corrected chi connectivity index (χ0v) is 15.3. The Labute approximate surface area is 149 Å². The molecular weight excluding hydrogens is 310 g/mol. The van der Waals surface area contributed by atoms with Crippen LogP contribution in [0.25, 0.3) is 0 Å². The van der Waals surface area contributed by atoms with Crippen molar-refractivity contribution in [3.05, 3.63) is 71.8 Å². The van der Waals surface area contributed by atoms with Gasteiger partial charge in [-0.05, 0) is 23.1 Å². The van der Waals surface area contributed by atoms with Gasteiger partial charge in [-0.15, -0.1) is 0 Å². The van der Waals surface area contributed by atoms with Crippen molar-refractivity contribution < 1.29 is 0 Å². The van der Waals surface area contributed by atoms with E-state index in [1.165, 1.54) is 16.7 Å². The Balaban J connectivity index is 1.76. The van der Waals surface area contributed by atoms with Gasteiger partial charge in [0.15, 0.2) is 0 Å². The normalized spacial score (nSPS) is 11.6. The third kappa shape index (κ3) is 5.03. The molecule has 2 heterocycles. The Morgan fingerprint density at radius 2 is 1.84 bits per heavy atom. The molecule has 25 heavy (non-hydrogen) atoms. The lowest BCUT2D eigenvalue weighted by Gasteiger charge is -2.25. The summed E-state index contributed by atoms with van der Waals surface area (Å²) in [5, 5.41) is 8.64. The molecule has 0 atom stereocenters. The van der Waals surface area contributed by atoms with Crippen LogP contribution in [-0.2, 0) is 26.7 Å². The summed E-state index contributed by atoms with van der Waals surface area (Å²) in [5.74, 6) is 0.620. The molecule has 2 aromatic heterocycles. The van der Waals surface area contributed by atoms with Crippen LogP contribution in [0.5, 0.6) is 0 Å². The van der Waals surface area contributed by atoms with E-state index in [1.807, 2.05) is 41.1 Å². The standard InChI is InChI=1S/C20H27N5/c1-17(2)12-24(14-18-11-22-23(3)13-18)15-19-7-4-5-8-20(19)16-25-10-6-9-21-25/h4-11,13,17H,12,14-16H2,1-3H3. The molecule has 5 heteroatoms. The smallest absolute Gasteiger partial charge is 0.0662 e. The minimum absolute atomic E-state index is 0.620. The molecule has 0 aliphatic rings. The first kappa shape index (κ1) is 17.4. The average molecular weight is 337 g/mol. The van der Waals surface area contributed by atoms with Gasteiger partial charge in [0.2, 0.25) is 0 Å². The number of rotatable bonds is 8. The van der Waals surface area contributed by atoms with Gasteiger partial charge in [0, 0.05) is 50.8 Å². The zero-order chi connectivity index (χ0) is 17.6. The van der Waals surface area contributed by atoms with Crippen LogP contribution in [0, 0.1) is 5.92 Å². The van der Waals surface area contributed by atoms with Crippen LogP contribution in [0.4, 0.5) is 0 Å². The van der Waals surface area contributed by atoms with Crippen LogP contribution in [0.3, 0.4) is 0 Å². The second kappa shape index (κ2) is 8.12. The van der Waals surface area contributed by atoms with Crippen molar-refractivity contribution in [2.75, 3.05) is 6.54 Å². The van der Waals surface area contributed by atoms with E-state index >= 15 is 0 Å². The van der Waals surface area contributed by atoms with Crippen LogP contribution >= 0.6 is 0 Å². The molecular formula is C20H27N5. The maximum absolute atomic E-state index is 4.34. The first-order valence-electron chi connectivity index (χ1n) is 8.84. The van der Waals surface area contributed by atoms with Crippen molar-refractivity contribution in [1.29, 1.82) is 0 Å². The summed E-state index contributed by atoms with van der Waals surface area (Å²) < 4.78 is 3.85. The maximum atomic E-state index is 4.34. The van der Waals surface area contributed by atoms with Crippen molar-refractivity contribution in [2.45, 2.75) is 33.5 Å². The second-order valence-electron chi connectivity index (χ2n) is 7.06. The second-order valence-corrected chi connectivity index (χ2v) is 7.06. The topological polar surface area (TPSA) is 38.9 Å². The van der Waals surface area contributed by atoms with Crippen molar-refractivity contribution in [3.8, 4) is 0 Å². The minimum Gasteiger partial charge on any atom is -0.294 e. The van der Waals surface area contributed by atoms with Gasteiger partial charge in [0.25, 0.3) is 0 Å². The molecule has 0 fully saturated rings. The molecule has 0 bridgehead atoms. The predicted molar refractivity (Wildman–Crippen MR) is 99.9 cm³/mol. The highest BCUT2D eigenvalue weighted by Gasteiger charge is 2.13. The monoisotopic (exact) mass is 337 g/mol. The van der Waals surface area contributed by atoms with Crippen LogP contribution in [0.1, 0.15) is 30.5 Å². The number of nitrogens with zero attached hydrogens (tertiary/aromatic N) is 5. The summed E-state index contributed by atoms with van der Waals surface area (Å²) in [4.78, 5) is 2.50. The summed E-state index contributed by atoms with van der Waals surface area (Å²) in [5.41, 5.74) is 3.95. The molecule has 3 aromatic rings. The highest BCUT2D eigenvalue weighted by molar-refractivity contribution is 5.27. The summed E-state index contributed by atoms with van der Waals surface area (Å²) in [6, 6.07) is 10.6. The first-order chi connectivity index (χ1) is 12.1. The van der Waals surface area contributed by atoms with Crippen LogP contribution in [-0.4, -0.2) is 31.0 Å². The molecule has 0 aliphatic heterocycles. The van der Waals surface area contributed by atoms with Crippen molar-refractivity contribution in [3.63, 3.8) is 0 Å². The number of hydrogen-bond acceptors (Lipinski definition) is 3. The fourth-order valence-corrected chi connectivity index (χ4v) is 3.19. The predicted octanol–water partition coefficient (Wildman–Crippen LogP) is 3.32. The van der Waals surface area contributed by atoms with E-state index in [2.05, 4.69) is 59.4 Å². The lowest BCUT2D eigenvalue weighted by molar-refractivity contribution is 0.227. The molecule has 0 saturated heterocycles. The molecule has 0 saturated carbocycles. The van der Waals surface area contributed by atoms with Gasteiger partial charge in [-0.3, -0.25) is 14.3 Å². The summed E-state index contributed by atoms with van der Waals surface area (Å²) >= 11 is 0. The van der Waals surface area contributed by atoms with Crippen LogP contribution in [0.2, 0.25) is 0 Å². The Kier molecular flexibility index (Phi) is 5.66. The highest BCUT2D eigenvalue weighted by Crippen LogP contribution is 2.16. The molecule has 0 aliphatic carbocycles. The number of benzene rings is 1. The van der Waals surface area contributed by atoms with Crippen molar-refractivity contribution in [1.82, 2.24) is 24.5 Å². The Morgan fingerprint density at radius 3 is 2.48 bits per heavy atom. The van der Waals surface area contributed by atoms with Crippen LogP contribution < -0.4 is 0 Å². The zero-order valence-electron chi connectivity index (χ0n) is 15.3. The van der Waals surface area contributed by atoms with Gasteiger partial charge in [0.1, 0.15) is 0 Å². The van der Waals surface area contributed by atoms with Gasteiger partial charge in [0.05, 0.1) is 12.7 Å². The average Bonchev–Trinajstić information content (AvgIpc) is 3.20. The summed E-state index contributed by atoms with van der Waals surface area (Å²) in [7, 11) is 1.97. The van der Waals surface area contributed by atoms with Crippen molar-refractivity contribution >= 4 is 0 Å². The van der Waals surface area contributed by atoms with Gasteiger partial charge in [-0.1, -0.05) is 38.1 Å². The summed E-state index contributed by atoms with van der Waals surface area (Å²) in [6.45, 7) is 8.26. The molecule has 0 spiro atoms. The SMILES string of the molecule is CC(C)CN(Cc1cnn(C)c1)Cc1ccccc1Cn1cccn1. The van der Waals surface area contributed by atoms with Crippen molar-refractivity contribution in [2.24, 2.45) is 13.0 Å². The lowest BCUT2D eigenvalue weighted by atomic mass is 10.1. The van der Waals surface area contributed by atoms with E-state index in [-0.39, 0.29) is 0 Å².